The molecule has 0 bridgehead atoms. The van der Waals surface area contributed by atoms with Crippen LogP contribution in [0.2, 0.25) is 0 Å². The van der Waals surface area contributed by atoms with Crippen molar-refractivity contribution < 1.29 is 18.7 Å². The molecule has 1 aromatic carbocycles. The van der Waals surface area contributed by atoms with Crippen LogP contribution in [0.25, 0.3) is 0 Å². The van der Waals surface area contributed by atoms with Crippen LogP contribution >= 0.6 is 0 Å². The van der Waals surface area contributed by atoms with E-state index in [-0.39, 0.29) is 17.6 Å². The summed E-state index contributed by atoms with van der Waals surface area (Å²) in [6.45, 7) is 0.395. The Morgan fingerprint density at radius 3 is 2.59 bits per heavy atom. The molecule has 3 nitrogen and oxygen atoms in total. The van der Waals surface area contributed by atoms with E-state index < -0.39 is 17.5 Å². The third kappa shape index (κ3) is 2.61. The van der Waals surface area contributed by atoms with Crippen LogP contribution in [0, 0.1) is 17.0 Å². The van der Waals surface area contributed by atoms with E-state index in [0.717, 1.165) is 25.0 Å². The van der Waals surface area contributed by atoms with E-state index in [2.05, 4.69) is 5.32 Å². The standard InChI is InChI=1S/C12H13F2NO2/c13-9-2-1-8(5-10(9)14)11(17)15-6-12(7-16)3-4-12/h1-2,5,16H,3-4,6-7H2,(H,15,17). The lowest BCUT2D eigenvalue weighted by Crippen LogP contribution is -2.31. The van der Waals surface area contributed by atoms with Crippen molar-refractivity contribution in [3.05, 3.63) is 35.4 Å². The number of halogens is 2. The molecule has 1 aromatic rings. The highest BCUT2D eigenvalue weighted by Crippen LogP contribution is 2.44. The van der Waals surface area contributed by atoms with Gasteiger partial charge in [-0.2, -0.15) is 0 Å². The van der Waals surface area contributed by atoms with E-state index in [1.54, 1.807) is 0 Å². The van der Waals surface area contributed by atoms with Crippen LogP contribution in [0.4, 0.5) is 8.78 Å². The predicted molar refractivity (Wildman–Crippen MR) is 57.4 cm³/mol. The van der Waals surface area contributed by atoms with Crippen molar-refractivity contribution in [1.82, 2.24) is 5.32 Å². The topological polar surface area (TPSA) is 49.3 Å². The van der Waals surface area contributed by atoms with Gasteiger partial charge in [0.1, 0.15) is 0 Å². The van der Waals surface area contributed by atoms with Gasteiger partial charge in [-0.3, -0.25) is 4.79 Å². The first-order valence-corrected chi connectivity index (χ1v) is 5.40. The van der Waals surface area contributed by atoms with Gasteiger partial charge in [0.2, 0.25) is 0 Å². The fourth-order valence-corrected chi connectivity index (χ4v) is 1.57. The SMILES string of the molecule is O=C(NCC1(CO)CC1)c1ccc(F)c(F)c1. The third-order valence-electron chi connectivity index (χ3n) is 3.10. The fraction of sp³-hybridized carbons (Fsp3) is 0.417. The number of benzene rings is 1. The number of hydrogen-bond donors (Lipinski definition) is 2. The van der Waals surface area contributed by atoms with Crippen molar-refractivity contribution >= 4 is 5.91 Å². The Hall–Kier alpha value is -1.49. The zero-order chi connectivity index (χ0) is 12.5. The molecular formula is C12H13F2NO2. The summed E-state index contributed by atoms with van der Waals surface area (Å²) in [5, 5.41) is 11.7. The number of hydrogen-bond acceptors (Lipinski definition) is 2. The molecule has 2 N–H and O–H groups in total. The highest BCUT2D eigenvalue weighted by atomic mass is 19.2. The first-order valence-electron chi connectivity index (χ1n) is 5.40. The Morgan fingerprint density at radius 2 is 2.06 bits per heavy atom. The first kappa shape index (κ1) is 12.0. The predicted octanol–water partition coefficient (Wildman–Crippen LogP) is 1.47. The van der Waals surface area contributed by atoms with Gasteiger partial charge < -0.3 is 10.4 Å². The number of carbonyl (C=O) groups excluding carboxylic acids is 1. The van der Waals surface area contributed by atoms with E-state index in [9.17, 15) is 13.6 Å². The Bertz CT molecular complexity index is 444. The Morgan fingerprint density at radius 1 is 1.35 bits per heavy atom. The van der Waals surface area contributed by atoms with Gasteiger partial charge in [0.15, 0.2) is 11.6 Å². The summed E-state index contributed by atoms with van der Waals surface area (Å²) in [5.74, 6) is -2.47. The lowest BCUT2D eigenvalue weighted by Gasteiger charge is -2.12. The quantitative estimate of drug-likeness (QED) is 0.838. The molecule has 0 unspecified atom stereocenters. The van der Waals surface area contributed by atoms with Gasteiger partial charge >= 0.3 is 0 Å². The molecule has 17 heavy (non-hydrogen) atoms. The molecular weight excluding hydrogens is 228 g/mol. The lowest BCUT2D eigenvalue weighted by atomic mass is 10.1. The van der Waals surface area contributed by atoms with Crippen LogP contribution < -0.4 is 5.32 Å². The molecule has 1 saturated carbocycles. The van der Waals surface area contributed by atoms with E-state index in [1.807, 2.05) is 0 Å². The molecule has 2 rings (SSSR count). The number of nitrogens with one attached hydrogen (secondary N) is 1. The number of aliphatic hydroxyl groups is 1. The molecule has 0 heterocycles. The molecule has 1 aliphatic carbocycles. The minimum atomic E-state index is -1.04. The number of rotatable bonds is 4. The number of amides is 1. The maximum absolute atomic E-state index is 12.9. The van der Waals surface area contributed by atoms with Crippen LogP contribution in [0.3, 0.4) is 0 Å². The van der Waals surface area contributed by atoms with Crippen molar-refractivity contribution in [2.45, 2.75) is 12.8 Å². The lowest BCUT2D eigenvalue weighted by molar-refractivity contribution is 0.0934. The van der Waals surface area contributed by atoms with E-state index in [1.165, 1.54) is 6.07 Å². The van der Waals surface area contributed by atoms with Gasteiger partial charge in [-0.15, -0.1) is 0 Å². The van der Waals surface area contributed by atoms with Gasteiger partial charge in [0.25, 0.3) is 5.91 Å². The van der Waals surface area contributed by atoms with Crippen molar-refractivity contribution in [2.75, 3.05) is 13.2 Å². The van der Waals surface area contributed by atoms with Gasteiger partial charge in [0.05, 0.1) is 6.61 Å². The van der Waals surface area contributed by atoms with Crippen LogP contribution in [-0.4, -0.2) is 24.2 Å². The normalized spacial score (nSPS) is 16.6. The number of aliphatic hydroxyl groups excluding tert-OH is 1. The largest absolute Gasteiger partial charge is 0.396 e. The van der Waals surface area contributed by atoms with Crippen molar-refractivity contribution in [2.24, 2.45) is 5.41 Å². The maximum Gasteiger partial charge on any atom is 0.251 e. The summed E-state index contributed by atoms with van der Waals surface area (Å²) in [7, 11) is 0. The average molecular weight is 241 g/mol. The molecule has 1 aliphatic rings. The van der Waals surface area contributed by atoms with Crippen LogP contribution in [-0.2, 0) is 0 Å². The highest BCUT2D eigenvalue weighted by molar-refractivity contribution is 5.94. The minimum Gasteiger partial charge on any atom is -0.396 e. The average Bonchev–Trinajstić information content (AvgIpc) is 3.10. The van der Waals surface area contributed by atoms with E-state index in [4.69, 9.17) is 5.11 Å². The molecule has 0 radical (unpaired) electrons. The second-order valence-electron chi connectivity index (χ2n) is 4.47. The maximum atomic E-state index is 12.9. The van der Waals surface area contributed by atoms with Crippen LogP contribution in [0.5, 0.6) is 0 Å². The van der Waals surface area contributed by atoms with Crippen molar-refractivity contribution in [3.63, 3.8) is 0 Å². The van der Waals surface area contributed by atoms with E-state index in [0.29, 0.717) is 6.54 Å². The second-order valence-corrected chi connectivity index (χ2v) is 4.47. The van der Waals surface area contributed by atoms with Crippen LogP contribution in [0.1, 0.15) is 23.2 Å². The minimum absolute atomic E-state index is 0.0328. The van der Waals surface area contributed by atoms with Gasteiger partial charge in [-0.25, -0.2) is 8.78 Å². The zero-order valence-electron chi connectivity index (χ0n) is 9.17. The molecule has 0 aromatic heterocycles. The smallest absolute Gasteiger partial charge is 0.251 e. The third-order valence-corrected chi connectivity index (χ3v) is 3.10. The molecule has 1 amide bonds. The van der Waals surface area contributed by atoms with Gasteiger partial charge in [0, 0.05) is 17.5 Å². The molecule has 92 valence electrons. The highest BCUT2D eigenvalue weighted by Gasteiger charge is 2.42. The molecule has 0 spiro atoms. The van der Waals surface area contributed by atoms with Crippen molar-refractivity contribution in [3.8, 4) is 0 Å². The summed E-state index contributed by atoms with van der Waals surface area (Å²) in [4.78, 5) is 11.6. The molecule has 5 heteroatoms. The summed E-state index contributed by atoms with van der Waals surface area (Å²) in [5.41, 5.74) is -0.119. The van der Waals surface area contributed by atoms with Crippen molar-refractivity contribution in [1.29, 1.82) is 0 Å². The van der Waals surface area contributed by atoms with Gasteiger partial charge in [-0.05, 0) is 31.0 Å². The zero-order valence-corrected chi connectivity index (χ0v) is 9.17. The Labute approximate surface area is 97.5 Å². The second kappa shape index (κ2) is 4.41. The molecule has 0 saturated heterocycles. The van der Waals surface area contributed by atoms with E-state index >= 15 is 0 Å². The fourth-order valence-electron chi connectivity index (χ4n) is 1.57. The van der Waals surface area contributed by atoms with Crippen LogP contribution in [0.15, 0.2) is 18.2 Å². The summed E-state index contributed by atoms with van der Waals surface area (Å²) < 4.78 is 25.6. The Balaban J connectivity index is 1.97. The summed E-state index contributed by atoms with van der Waals surface area (Å²) in [6, 6.07) is 3.01. The molecule has 0 atom stereocenters. The summed E-state index contributed by atoms with van der Waals surface area (Å²) in [6.07, 6.45) is 1.75. The Kier molecular flexibility index (Phi) is 3.11. The first-order chi connectivity index (χ1) is 8.06. The number of carbonyl (C=O) groups is 1. The molecule has 0 aliphatic heterocycles. The monoisotopic (exact) mass is 241 g/mol. The molecule has 1 fully saturated rings. The van der Waals surface area contributed by atoms with Gasteiger partial charge in [-0.1, -0.05) is 0 Å². The summed E-state index contributed by atoms with van der Waals surface area (Å²) >= 11 is 0.